The van der Waals surface area contributed by atoms with Crippen LogP contribution in [0.4, 0.5) is 0 Å². The van der Waals surface area contributed by atoms with Crippen molar-refractivity contribution < 1.29 is 19.2 Å². The van der Waals surface area contributed by atoms with Crippen LogP contribution in [0.5, 0.6) is 0 Å². The van der Waals surface area contributed by atoms with Crippen LogP contribution < -0.4 is 10.8 Å². The number of hydrogen-bond donors (Lipinski definition) is 2. The van der Waals surface area contributed by atoms with Gasteiger partial charge in [0, 0.05) is 12.4 Å². The molecule has 1 aliphatic rings. The molecule has 0 atom stereocenters. The number of unbranched alkanes of at least 4 members (excludes halogenated alkanes) is 1. The summed E-state index contributed by atoms with van der Waals surface area (Å²) in [6, 6.07) is 21.6. The summed E-state index contributed by atoms with van der Waals surface area (Å²) in [6.07, 6.45) is 8.30. The number of aromatic nitrogens is 1. The van der Waals surface area contributed by atoms with E-state index >= 15 is 0 Å². The lowest BCUT2D eigenvalue weighted by molar-refractivity contribution is -0.160. The lowest BCUT2D eigenvalue weighted by Crippen LogP contribution is -2.46. The molecule has 2 aromatic carbocycles. The quantitative estimate of drug-likeness (QED) is 0.347. The van der Waals surface area contributed by atoms with Crippen molar-refractivity contribution in [2.45, 2.75) is 50.5 Å². The van der Waals surface area contributed by atoms with Gasteiger partial charge in [-0.2, -0.15) is 5.48 Å². The van der Waals surface area contributed by atoms with Gasteiger partial charge in [-0.3, -0.25) is 14.6 Å². The molecular formula is C28H29N3O4. The summed E-state index contributed by atoms with van der Waals surface area (Å²) in [5.41, 5.74) is 4.89. The molecule has 2 amide bonds. The first-order valence-corrected chi connectivity index (χ1v) is 11.9. The average molecular weight is 472 g/mol. The number of nitrogens with zero attached hydrogens (tertiary/aromatic N) is 1. The number of amides is 2. The van der Waals surface area contributed by atoms with E-state index in [2.05, 4.69) is 40.0 Å². The Bertz CT molecular complexity index is 1140. The van der Waals surface area contributed by atoms with Crippen LogP contribution in [0, 0.1) is 0 Å². The molecule has 4 rings (SSSR count). The highest BCUT2D eigenvalue weighted by atomic mass is 16.7. The average Bonchev–Trinajstić information content (AvgIpc) is 3.68. The lowest BCUT2D eigenvalue weighted by Gasteiger charge is -2.16. The molecule has 0 radical (unpaired) electrons. The van der Waals surface area contributed by atoms with E-state index in [1.807, 2.05) is 30.3 Å². The molecule has 0 spiro atoms. The predicted molar refractivity (Wildman–Crippen MR) is 131 cm³/mol. The van der Waals surface area contributed by atoms with Crippen LogP contribution in [-0.4, -0.2) is 28.3 Å². The van der Waals surface area contributed by atoms with Crippen molar-refractivity contribution in [2.24, 2.45) is 0 Å². The highest BCUT2D eigenvalue weighted by molar-refractivity contribution is 5.99. The number of rotatable bonds is 10. The standard InChI is InChI=1S/C28H29N3O4/c32-25(31-35-27(34)28(16-17-28)30-26(33)24-11-6-18-29-20-24)19-23-14-12-22(13-15-23)10-5-4-9-21-7-2-1-3-8-21/h1-3,6-8,11-15,18,20H,4-5,9-10,16-17,19H2,(H,30,33)(H,31,32). The van der Waals surface area contributed by atoms with E-state index in [-0.39, 0.29) is 6.42 Å². The zero-order valence-electron chi connectivity index (χ0n) is 19.5. The minimum atomic E-state index is -1.09. The molecule has 1 fully saturated rings. The van der Waals surface area contributed by atoms with Crippen LogP contribution >= 0.6 is 0 Å². The van der Waals surface area contributed by atoms with Crippen molar-refractivity contribution >= 4 is 17.8 Å². The molecule has 0 bridgehead atoms. The van der Waals surface area contributed by atoms with Crippen molar-refractivity contribution in [1.29, 1.82) is 0 Å². The topological polar surface area (TPSA) is 97.4 Å². The number of carbonyl (C=O) groups excluding carboxylic acids is 3. The maximum atomic E-state index is 12.4. The molecule has 0 saturated heterocycles. The second-order valence-corrected chi connectivity index (χ2v) is 8.88. The third-order valence-electron chi connectivity index (χ3n) is 6.09. The van der Waals surface area contributed by atoms with E-state index in [0.29, 0.717) is 18.4 Å². The molecular weight excluding hydrogens is 442 g/mol. The molecule has 35 heavy (non-hydrogen) atoms. The minimum Gasteiger partial charge on any atom is -0.338 e. The Kier molecular flexibility index (Phi) is 7.88. The van der Waals surface area contributed by atoms with Crippen LogP contribution in [0.1, 0.15) is 52.7 Å². The van der Waals surface area contributed by atoms with Gasteiger partial charge < -0.3 is 10.2 Å². The maximum Gasteiger partial charge on any atom is 0.357 e. The van der Waals surface area contributed by atoms with Crippen molar-refractivity contribution in [3.8, 4) is 0 Å². The van der Waals surface area contributed by atoms with E-state index in [4.69, 9.17) is 4.84 Å². The Morgan fingerprint density at radius 2 is 1.49 bits per heavy atom. The minimum absolute atomic E-state index is 0.0939. The van der Waals surface area contributed by atoms with Gasteiger partial charge in [0.1, 0.15) is 5.54 Å². The van der Waals surface area contributed by atoms with E-state index in [9.17, 15) is 14.4 Å². The fraction of sp³-hybridized carbons (Fsp3) is 0.286. The van der Waals surface area contributed by atoms with Crippen molar-refractivity contribution in [1.82, 2.24) is 15.8 Å². The highest BCUT2D eigenvalue weighted by Crippen LogP contribution is 2.36. The van der Waals surface area contributed by atoms with Gasteiger partial charge >= 0.3 is 5.97 Å². The van der Waals surface area contributed by atoms with Gasteiger partial charge in [-0.15, -0.1) is 0 Å². The third kappa shape index (κ3) is 6.99. The summed E-state index contributed by atoms with van der Waals surface area (Å²) in [5, 5.41) is 2.69. The number of pyridine rings is 1. The van der Waals surface area contributed by atoms with Crippen molar-refractivity contribution in [2.75, 3.05) is 0 Å². The normalized spacial score (nSPS) is 13.5. The Labute approximate surface area is 204 Å². The maximum absolute atomic E-state index is 12.4. The molecule has 0 aliphatic heterocycles. The van der Waals surface area contributed by atoms with Gasteiger partial charge in [0.25, 0.3) is 11.8 Å². The number of hydrogen-bond acceptors (Lipinski definition) is 5. The Morgan fingerprint density at radius 3 is 2.11 bits per heavy atom. The first kappa shape index (κ1) is 24.1. The molecule has 7 heteroatoms. The Morgan fingerprint density at radius 1 is 0.829 bits per heavy atom. The van der Waals surface area contributed by atoms with Crippen LogP contribution in [0.25, 0.3) is 0 Å². The molecule has 2 N–H and O–H groups in total. The smallest absolute Gasteiger partial charge is 0.338 e. The second kappa shape index (κ2) is 11.4. The van der Waals surface area contributed by atoms with Crippen LogP contribution in [0.2, 0.25) is 0 Å². The lowest BCUT2D eigenvalue weighted by atomic mass is 10.0. The zero-order chi connectivity index (χ0) is 24.5. The van der Waals surface area contributed by atoms with Gasteiger partial charge in [0.05, 0.1) is 12.0 Å². The number of nitrogens with one attached hydrogen (secondary N) is 2. The van der Waals surface area contributed by atoms with Gasteiger partial charge in [0.2, 0.25) is 0 Å². The number of aryl methyl sites for hydroxylation is 2. The molecule has 3 aromatic rings. The molecule has 0 unspecified atom stereocenters. The van der Waals surface area contributed by atoms with Crippen LogP contribution in [0.3, 0.4) is 0 Å². The SMILES string of the molecule is O=C(Cc1ccc(CCCCc2ccccc2)cc1)NOC(=O)C1(NC(=O)c2cccnc2)CC1. The van der Waals surface area contributed by atoms with Gasteiger partial charge in [0.15, 0.2) is 0 Å². The fourth-order valence-electron chi connectivity index (χ4n) is 3.84. The molecule has 1 aromatic heterocycles. The van der Waals surface area contributed by atoms with Gasteiger partial charge in [-0.25, -0.2) is 4.79 Å². The van der Waals surface area contributed by atoms with E-state index in [1.54, 1.807) is 18.3 Å². The van der Waals surface area contributed by atoms with Gasteiger partial charge in [-0.1, -0.05) is 54.6 Å². The number of carbonyl (C=O) groups is 3. The Hall–Kier alpha value is -4.00. The predicted octanol–water partition coefficient (Wildman–Crippen LogP) is 3.73. The van der Waals surface area contributed by atoms with Gasteiger partial charge in [-0.05, 0) is 67.3 Å². The van der Waals surface area contributed by atoms with Crippen molar-refractivity contribution in [3.05, 3.63) is 101 Å². The summed E-state index contributed by atoms with van der Waals surface area (Å²) < 4.78 is 0. The summed E-state index contributed by atoms with van der Waals surface area (Å²) in [4.78, 5) is 45.9. The second-order valence-electron chi connectivity index (χ2n) is 8.88. The van der Waals surface area contributed by atoms with Crippen LogP contribution in [0.15, 0.2) is 79.1 Å². The summed E-state index contributed by atoms with van der Waals surface area (Å²) in [7, 11) is 0. The Balaban J connectivity index is 1.16. The van der Waals surface area contributed by atoms with E-state index < -0.39 is 23.3 Å². The largest absolute Gasteiger partial charge is 0.357 e. The number of benzene rings is 2. The fourth-order valence-corrected chi connectivity index (χ4v) is 3.84. The third-order valence-corrected chi connectivity index (χ3v) is 6.09. The molecule has 180 valence electrons. The summed E-state index contributed by atoms with van der Waals surface area (Å²) in [5.74, 6) is -1.50. The number of hydroxylamine groups is 1. The zero-order valence-corrected chi connectivity index (χ0v) is 19.5. The van der Waals surface area contributed by atoms with E-state index in [0.717, 1.165) is 31.2 Å². The first-order valence-electron chi connectivity index (χ1n) is 11.9. The highest BCUT2D eigenvalue weighted by Gasteiger charge is 2.53. The molecule has 1 heterocycles. The monoisotopic (exact) mass is 471 g/mol. The van der Waals surface area contributed by atoms with E-state index in [1.165, 1.54) is 17.3 Å². The summed E-state index contributed by atoms with van der Waals surface area (Å²) >= 11 is 0. The first-order chi connectivity index (χ1) is 17.0. The summed E-state index contributed by atoms with van der Waals surface area (Å²) in [6.45, 7) is 0. The molecule has 7 nitrogen and oxygen atoms in total. The van der Waals surface area contributed by atoms with Crippen molar-refractivity contribution in [3.63, 3.8) is 0 Å². The molecule has 1 aliphatic carbocycles. The molecule has 1 saturated carbocycles. The van der Waals surface area contributed by atoms with Crippen LogP contribution in [-0.2, 0) is 33.7 Å².